The summed E-state index contributed by atoms with van der Waals surface area (Å²) in [5.41, 5.74) is 4.26. The van der Waals surface area contributed by atoms with E-state index in [0.29, 0.717) is 6.54 Å². The Morgan fingerprint density at radius 3 is 2.75 bits per heavy atom. The number of hydrogen-bond acceptors (Lipinski definition) is 5. The number of anilines is 1. The highest BCUT2D eigenvalue weighted by molar-refractivity contribution is 5.75. The minimum atomic E-state index is 0.677. The van der Waals surface area contributed by atoms with E-state index >= 15 is 0 Å². The molecule has 0 saturated heterocycles. The Hall–Kier alpha value is -2.47. The zero-order valence-corrected chi connectivity index (χ0v) is 16.3. The standard InChI is InChI=1S/C22H28N6/c1-2-7-18(8-3-1)27-11-6-12-28-19(16-27)13-17(26-28)14-24-22-15-23-20-9-4-5-10-21(20)25-22/h4-5,9-10,13,15,18H,1-3,6-8,11-12,14,16H2,(H,24,25). The Morgan fingerprint density at radius 1 is 1.00 bits per heavy atom. The molecule has 1 N–H and O–H groups in total. The van der Waals surface area contributed by atoms with Crippen LogP contribution in [0, 0.1) is 0 Å². The maximum atomic E-state index is 4.85. The average Bonchev–Trinajstić information content (AvgIpc) is 3.02. The predicted octanol–water partition coefficient (Wildman–Crippen LogP) is 3.98. The van der Waals surface area contributed by atoms with E-state index in [-0.39, 0.29) is 0 Å². The fourth-order valence-corrected chi connectivity index (χ4v) is 4.61. The molecule has 6 nitrogen and oxygen atoms in total. The van der Waals surface area contributed by atoms with Crippen LogP contribution in [0.4, 0.5) is 5.82 Å². The summed E-state index contributed by atoms with van der Waals surface area (Å²) in [6, 6.07) is 11.0. The molecule has 3 aromatic rings. The number of para-hydroxylation sites is 2. The van der Waals surface area contributed by atoms with E-state index in [1.807, 2.05) is 24.3 Å². The first-order valence-electron chi connectivity index (χ1n) is 10.6. The molecule has 28 heavy (non-hydrogen) atoms. The Bertz CT molecular complexity index is 943. The van der Waals surface area contributed by atoms with Crippen LogP contribution >= 0.6 is 0 Å². The van der Waals surface area contributed by atoms with Gasteiger partial charge in [0.05, 0.1) is 35.2 Å². The number of benzene rings is 1. The Labute approximate surface area is 166 Å². The SMILES string of the molecule is c1ccc2nc(NCc3cc4n(n3)CCCN(C3CCCCC3)C4)cnc2c1. The van der Waals surface area contributed by atoms with Gasteiger partial charge in [0, 0.05) is 25.7 Å². The van der Waals surface area contributed by atoms with Gasteiger partial charge < -0.3 is 5.32 Å². The largest absolute Gasteiger partial charge is 0.363 e. The van der Waals surface area contributed by atoms with Crippen molar-refractivity contribution < 1.29 is 0 Å². The van der Waals surface area contributed by atoms with Crippen LogP contribution in [0.1, 0.15) is 49.9 Å². The lowest BCUT2D eigenvalue weighted by Gasteiger charge is -2.33. The molecule has 1 aliphatic heterocycles. The molecule has 1 aliphatic carbocycles. The summed E-state index contributed by atoms with van der Waals surface area (Å²) in [5, 5.41) is 8.24. The van der Waals surface area contributed by atoms with Crippen LogP contribution in [-0.2, 0) is 19.6 Å². The fraction of sp³-hybridized carbons (Fsp3) is 0.500. The van der Waals surface area contributed by atoms with Crippen molar-refractivity contribution in [1.82, 2.24) is 24.6 Å². The lowest BCUT2D eigenvalue weighted by atomic mass is 9.94. The van der Waals surface area contributed by atoms with Gasteiger partial charge in [-0.1, -0.05) is 31.4 Å². The molecule has 0 amide bonds. The van der Waals surface area contributed by atoms with Crippen LogP contribution in [0.25, 0.3) is 11.0 Å². The zero-order chi connectivity index (χ0) is 18.8. The minimum absolute atomic E-state index is 0.677. The topological polar surface area (TPSA) is 58.9 Å². The van der Waals surface area contributed by atoms with Gasteiger partial charge >= 0.3 is 0 Å². The van der Waals surface area contributed by atoms with E-state index in [2.05, 4.69) is 30.9 Å². The van der Waals surface area contributed by atoms with Crippen molar-refractivity contribution in [3.8, 4) is 0 Å². The summed E-state index contributed by atoms with van der Waals surface area (Å²) >= 11 is 0. The van der Waals surface area contributed by atoms with Gasteiger partial charge in [0.2, 0.25) is 0 Å². The van der Waals surface area contributed by atoms with Gasteiger partial charge in [-0.05, 0) is 37.5 Å². The summed E-state index contributed by atoms with van der Waals surface area (Å²) in [4.78, 5) is 11.8. The molecule has 2 aromatic heterocycles. The Morgan fingerprint density at radius 2 is 1.86 bits per heavy atom. The van der Waals surface area contributed by atoms with Crippen LogP contribution in [0.5, 0.6) is 0 Å². The molecule has 5 rings (SSSR count). The highest BCUT2D eigenvalue weighted by Gasteiger charge is 2.24. The zero-order valence-electron chi connectivity index (χ0n) is 16.3. The second-order valence-electron chi connectivity index (χ2n) is 8.06. The minimum Gasteiger partial charge on any atom is -0.363 e. The van der Waals surface area contributed by atoms with Gasteiger partial charge in [0.25, 0.3) is 0 Å². The third-order valence-electron chi connectivity index (χ3n) is 6.08. The predicted molar refractivity (Wildman–Crippen MR) is 111 cm³/mol. The maximum Gasteiger partial charge on any atom is 0.145 e. The number of fused-ring (bicyclic) bond motifs is 2. The molecule has 3 heterocycles. The number of hydrogen-bond donors (Lipinski definition) is 1. The van der Waals surface area contributed by atoms with Crippen LogP contribution < -0.4 is 5.32 Å². The van der Waals surface area contributed by atoms with Gasteiger partial charge in [0.1, 0.15) is 5.82 Å². The van der Waals surface area contributed by atoms with Crippen molar-refractivity contribution in [2.45, 2.75) is 64.2 Å². The highest BCUT2D eigenvalue weighted by atomic mass is 15.3. The summed E-state index contributed by atoms with van der Waals surface area (Å²) in [5.74, 6) is 0.797. The first kappa shape index (κ1) is 17.6. The molecule has 0 bridgehead atoms. The molecule has 0 spiro atoms. The van der Waals surface area contributed by atoms with Gasteiger partial charge in [-0.2, -0.15) is 5.10 Å². The second kappa shape index (κ2) is 7.87. The molecule has 2 aliphatic rings. The number of nitrogens with one attached hydrogen (secondary N) is 1. The van der Waals surface area contributed by atoms with E-state index in [9.17, 15) is 0 Å². The normalized spacial score (nSPS) is 18.7. The van der Waals surface area contributed by atoms with Crippen molar-refractivity contribution in [3.63, 3.8) is 0 Å². The van der Waals surface area contributed by atoms with Gasteiger partial charge in [-0.3, -0.25) is 14.6 Å². The van der Waals surface area contributed by atoms with Crippen molar-refractivity contribution in [2.24, 2.45) is 0 Å². The molecule has 6 heteroatoms. The van der Waals surface area contributed by atoms with Crippen LogP contribution in [0.3, 0.4) is 0 Å². The summed E-state index contributed by atoms with van der Waals surface area (Å²) in [6.07, 6.45) is 9.91. The van der Waals surface area contributed by atoms with Crippen molar-refractivity contribution >= 4 is 16.9 Å². The number of nitrogens with zero attached hydrogens (tertiary/aromatic N) is 5. The molecule has 146 valence electrons. The molecule has 1 fully saturated rings. The third kappa shape index (κ3) is 3.74. The molecular weight excluding hydrogens is 348 g/mol. The molecule has 0 radical (unpaired) electrons. The maximum absolute atomic E-state index is 4.85. The molecule has 0 atom stereocenters. The Balaban J connectivity index is 1.27. The lowest BCUT2D eigenvalue weighted by Crippen LogP contribution is -2.36. The van der Waals surface area contributed by atoms with Crippen molar-refractivity contribution in [1.29, 1.82) is 0 Å². The first-order valence-corrected chi connectivity index (χ1v) is 10.6. The molecule has 0 unspecified atom stereocenters. The van der Waals surface area contributed by atoms with E-state index in [4.69, 9.17) is 5.10 Å². The monoisotopic (exact) mass is 376 g/mol. The van der Waals surface area contributed by atoms with E-state index in [1.165, 1.54) is 50.8 Å². The average molecular weight is 377 g/mol. The quantitative estimate of drug-likeness (QED) is 0.746. The van der Waals surface area contributed by atoms with Crippen molar-refractivity contribution in [2.75, 3.05) is 11.9 Å². The van der Waals surface area contributed by atoms with E-state index in [0.717, 1.165) is 41.7 Å². The van der Waals surface area contributed by atoms with Crippen LogP contribution in [-0.4, -0.2) is 37.2 Å². The van der Waals surface area contributed by atoms with Gasteiger partial charge in [-0.15, -0.1) is 0 Å². The fourth-order valence-electron chi connectivity index (χ4n) is 4.61. The summed E-state index contributed by atoms with van der Waals surface area (Å²) < 4.78 is 2.21. The number of aryl methyl sites for hydroxylation is 1. The van der Waals surface area contributed by atoms with E-state index < -0.39 is 0 Å². The highest BCUT2D eigenvalue weighted by Crippen LogP contribution is 2.26. The molecular formula is C22H28N6. The van der Waals surface area contributed by atoms with Crippen LogP contribution in [0.15, 0.2) is 36.5 Å². The third-order valence-corrected chi connectivity index (χ3v) is 6.08. The molecule has 1 saturated carbocycles. The number of aromatic nitrogens is 4. The lowest BCUT2D eigenvalue weighted by molar-refractivity contribution is 0.150. The summed E-state index contributed by atoms with van der Waals surface area (Å²) in [6.45, 7) is 3.94. The van der Waals surface area contributed by atoms with Gasteiger partial charge in [0.15, 0.2) is 0 Å². The second-order valence-corrected chi connectivity index (χ2v) is 8.06. The van der Waals surface area contributed by atoms with Gasteiger partial charge in [-0.25, -0.2) is 4.98 Å². The van der Waals surface area contributed by atoms with Crippen LogP contribution in [0.2, 0.25) is 0 Å². The molecule has 1 aromatic carbocycles. The van der Waals surface area contributed by atoms with Crippen molar-refractivity contribution in [3.05, 3.63) is 47.9 Å². The van der Waals surface area contributed by atoms with E-state index in [1.54, 1.807) is 6.20 Å². The summed E-state index contributed by atoms with van der Waals surface area (Å²) in [7, 11) is 0. The Kier molecular flexibility index (Phi) is 4.95. The first-order chi connectivity index (χ1) is 13.8. The number of rotatable bonds is 4. The smallest absolute Gasteiger partial charge is 0.145 e.